The van der Waals surface area contributed by atoms with Gasteiger partial charge in [0.2, 0.25) is 12.3 Å². The number of alkyl halides is 3. The molecule has 1 heterocycles. The molecule has 1 aromatic carbocycles. The fourth-order valence-electron chi connectivity index (χ4n) is 3.29. The van der Waals surface area contributed by atoms with Crippen molar-refractivity contribution in [2.24, 2.45) is 11.1 Å². The summed E-state index contributed by atoms with van der Waals surface area (Å²) in [6.45, 7) is 8.06. The van der Waals surface area contributed by atoms with Crippen molar-refractivity contribution in [2.45, 2.75) is 39.5 Å². The average molecular weight is 371 g/mol. The summed E-state index contributed by atoms with van der Waals surface area (Å²) in [6, 6.07) is 3.58. The molecule has 5 nitrogen and oxygen atoms in total. The highest BCUT2D eigenvalue weighted by Gasteiger charge is 2.36. The summed E-state index contributed by atoms with van der Waals surface area (Å²) in [6.07, 6.45) is -3.82. The van der Waals surface area contributed by atoms with Crippen molar-refractivity contribution < 1.29 is 22.8 Å². The van der Waals surface area contributed by atoms with Crippen LogP contribution in [0.5, 0.6) is 0 Å². The normalized spacial score (nSPS) is 19.5. The molecule has 1 aliphatic rings. The molecule has 1 unspecified atom stereocenters. The minimum absolute atomic E-state index is 0.0271. The monoisotopic (exact) mass is 371 g/mol. The Morgan fingerprint density at radius 1 is 1.27 bits per heavy atom. The summed E-state index contributed by atoms with van der Waals surface area (Å²) < 4.78 is 39.6. The molecule has 2 amide bonds. The molecule has 1 aromatic rings. The van der Waals surface area contributed by atoms with E-state index in [0.717, 1.165) is 18.5 Å². The van der Waals surface area contributed by atoms with Gasteiger partial charge in [-0.2, -0.15) is 13.2 Å². The Morgan fingerprint density at radius 2 is 1.92 bits per heavy atom. The summed E-state index contributed by atoms with van der Waals surface area (Å²) in [7, 11) is 0. The van der Waals surface area contributed by atoms with Gasteiger partial charge in [0.25, 0.3) is 0 Å². The first-order chi connectivity index (χ1) is 11.9. The van der Waals surface area contributed by atoms with E-state index in [1.807, 2.05) is 25.7 Å². The zero-order valence-electron chi connectivity index (χ0n) is 15.1. The third kappa shape index (κ3) is 4.55. The SMILES string of the molecule is CC(C)(C)C1CN(Cc2ccc(C(N)=O)c(C(F)(F)F)c2)CCN1C=O. The van der Waals surface area contributed by atoms with Crippen LogP contribution in [0.1, 0.15) is 42.3 Å². The minimum Gasteiger partial charge on any atom is -0.366 e. The number of piperazine rings is 1. The van der Waals surface area contributed by atoms with E-state index in [4.69, 9.17) is 5.73 Å². The van der Waals surface area contributed by atoms with Crippen LogP contribution in [0.25, 0.3) is 0 Å². The Hall–Kier alpha value is -2.09. The molecule has 0 radical (unpaired) electrons. The number of amides is 2. The van der Waals surface area contributed by atoms with E-state index in [0.29, 0.717) is 31.7 Å². The number of carbonyl (C=O) groups excluding carboxylic acids is 2. The summed E-state index contributed by atoms with van der Waals surface area (Å²) in [5.74, 6) is -1.10. The highest BCUT2D eigenvalue weighted by atomic mass is 19.4. The first kappa shape index (κ1) is 20.2. The van der Waals surface area contributed by atoms with Gasteiger partial charge in [0.1, 0.15) is 0 Å². The molecule has 1 atom stereocenters. The molecule has 8 heteroatoms. The number of nitrogens with two attached hydrogens (primary N) is 1. The highest BCUT2D eigenvalue weighted by molar-refractivity contribution is 5.94. The molecule has 0 aliphatic carbocycles. The van der Waals surface area contributed by atoms with E-state index < -0.39 is 23.2 Å². The molecule has 0 saturated carbocycles. The molecule has 144 valence electrons. The Morgan fingerprint density at radius 3 is 2.42 bits per heavy atom. The van der Waals surface area contributed by atoms with E-state index in [-0.39, 0.29) is 11.5 Å². The molecular weight excluding hydrogens is 347 g/mol. The molecule has 0 aromatic heterocycles. The van der Waals surface area contributed by atoms with Crippen LogP contribution in [0.4, 0.5) is 13.2 Å². The van der Waals surface area contributed by atoms with Crippen LogP contribution in [0.2, 0.25) is 0 Å². The quantitative estimate of drug-likeness (QED) is 0.827. The van der Waals surface area contributed by atoms with Crippen molar-refractivity contribution in [3.63, 3.8) is 0 Å². The molecule has 1 aliphatic heterocycles. The maximum Gasteiger partial charge on any atom is 0.417 e. The second kappa shape index (κ2) is 7.26. The van der Waals surface area contributed by atoms with Crippen LogP contribution in [0.15, 0.2) is 18.2 Å². The van der Waals surface area contributed by atoms with Gasteiger partial charge in [-0.1, -0.05) is 26.8 Å². The van der Waals surface area contributed by atoms with Crippen molar-refractivity contribution >= 4 is 12.3 Å². The summed E-state index contributed by atoms with van der Waals surface area (Å²) in [5, 5.41) is 0. The zero-order valence-corrected chi connectivity index (χ0v) is 15.1. The molecule has 2 N–H and O–H groups in total. The van der Waals surface area contributed by atoms with E-state index >= 15 is 0 Å². The topological polar surface area (TPSA) is 66.6 Å². The van der Waals surface area contributed by atoms with Gasteiger partial charge < -0.3 is 10.6 Å². The van der Waals surface area contributed by atoms with E-state index in [1.165, 1.54) is 6.07 Å². The smallest absolute Gasteiger partial charge is 0.366 e. The number of nitrogens with zero attached hydrogens (tertiary/aromatic N) is 2. The van der Waals surface area contributed by atoms with Crippen LogP contribution in [0, 0.1) is 5.41 Å². The first-order valence-electron chi connectivity index (χ1n) is 8.37. The summed E-state index contributed by atoms with van der Waals surface area (Å²) in [5.41, 5.74) is 3.82. The fourth-order valence-corrected chi connectivity index (χ4v) is 3.29. The predicted octanol–water partition coefficient (Wildman–Crippen LogP) is 2.49. The van der Waals surface area contributed by atoms with E-state index in [2.05, 4.69) is 0 Å². The Balaban J connectivity index is 2.23. The van der Waals surface area contributed by atoms with Gasteiger partial charge >= 0.3 is 6.18 Å². The Labute approximate surface area is 150 Å². The lowest BCUT2D eigenvalue weighted by Gasteiger charge is -2.45. The molecule has 0 spiro atoms. The summed E-state index contributed by atoms with van der Waals surface area (Å²) >= 11 is 0. The maximum absolute atomic E-state index is 13.2. The van der Waals surface area contributed by atoms with Gasteiger partial charge in [-0.25, -0.2) is 0 Å². The van der Waals surface area contributed by atoms with Crippen molar-refractivity contribution in [1.29, 1.82) is 0 Å². The van der Waals surface area contributed by atoms with Gasteiger partial charge in [-0.05, 0) is 23.1 Å². The Bertz CT molecular complexity index is 683. The molecular formula is C18H24F3N3O2. The lowest BCUT2D eigenvalue weighted by atomic mass is 9.84. The zero-order chi connectivity index (χ0) is 19.7. The lowest BCUT2D eigenvalue weighted by Crippen LogP contribution is -2.57. The van der Waals surface area contributed by atoms with Gasteiger partial charge in [0, 0.05) is 32.2 Å². The number of primary amides is 1. The number of halogens is 3. The van der Waals surface area contributed by atoms with Crippen molar-refractivity contribution in [3.8, 4) is 0 Å². The number of benzene rings is 1. The fraction of sp³-hybridized carbons (Fsp3) is 0.556. The third-order valence-electron chi connectivity index (χ3n) is 4.70. The molecule has 26 heavy (non-hydrogen) atoms. The van der Waals surface area contributed by atoms with Crippen molar-refractivity contribution in [2.75, 3.05) is 19.6 Å². The average Bonchev–Trinajstić information content (AvgIpc) is 2.53. The maximum atomic E-state index is 13.2. The van der Waals surface area contributed by atoms with Crippen molar-refractivity contribution in [1.82, 2.24) is 9.80 Å². The van der Waals surface area contributed by atoms with Crippen LogP contribution in [-0.2, 0) is 17.5 Å². The van der Waals surface area contributed by atoms with Crippen LogP contribution < -0.4 is 5.73 Å². The Kier molecular flexibility index (Phi) is 5.65. The van der Waals surface area contributed by atoms with Crippen LogP contribution in [0.3, 0.4) is 0 Å². The largest absolute Gasteiger partial charge is 0.417 e. The molecule has 0 bridgehead atoms. The van der Waals surface area contributed by atoms with Gasteiger partial charge in [-0.3, -0.25) is 14.5 Å². The molecule has 1 saturated heterocycles. The second-order valence-electron chi connectivity index (χ2n) is 7.70. The predicted molar refractivity (Wildman–Crippen MR) is 91.3 cm³/mol. The number of carbonyl (C=O) groups is 2. The lowest BCUT2D eigenvalue weighted by molar-refractivity contribution is -0.138. The molecule has 2 rings (SSSR count). The van der Waals surface area contributed by atoms with Gasteiger partial charge in [0.05, 0.1) is 11.1 Å². The van der Waals surface area contributed by atoms with Crippen LogP contribution >= 0.6 is 0 Å². The number of hydrogen-bond acceptors (Lipinski definition) is 3. The summed E-state index contributed by atoms with van der Waals surface area (Å²) in [4.78, 5) is 26.3. The minimum atomic E-state index is -4.65. The number of hydrogen-bond donors (Lipinski definition) is 1. The third-order valence-corrected chi connectivity index (χ3v) is 4.70. The van der Waals surface area contributed by atoms with Crippen molar-refractivity contribution in [3.05, 3.63) is 34.9 Å². The van der Waals surface area contributed by atoms with Crippen LogP contribution in [-0.4, -0.2) is 47.8 Å². The van der Waals surface area contributed by atoms with Gasteiger partial charge in [0.15, 0.2) is 0 Å². The number of rotatable bonds is 4. The van der Waals surface area contributed by atoms with E-state index in [1.54, 1.807) is 4.90 Å². The molecule has 1 fully saturated rings. The second-order valence-corrected chi connectivity index (χ2v) is 7.70. The standard InChI is InChI=1S/C18H24F3N3O2/c1-17(2,3)15-10-23(6-7-24(15)11-25)9-12-4-5-13(16(22)26)14(8-12)18(19,20)21/h4-5,8,11,15H,6-7,9-10H2,1-3H3,(H2,22,26). The first-order valence-corrected chi connectivity index (χ1v) is 8.37. The van der Waals surface area contributed by atoms with E-state index in [9.17, 15) is 22.8 Å². The highest BCUT2D eigenvalue weighted by Crippen LogP contribution is 2.33. The van der Waals surface area contributed by atoms with Gasteiger partial charge in [-0.15, -0.1) is 0 Å².